The number of benzene rings is 2. The van der Waals surface area contributed by atoms with Gasteiger partial charge in [-0.3, -0.25) is 9.36 Å². The van der Waals surface area contributed by atoms with Gasteiger partial charge in [-0.15, -0.1) is 0 Å². The van der Waals surface area contributed by atoms with E-state index >= 15 is 0 Å². The number of thioether (sulfide) groups is 1. The van der Waals surface area contributed by atoms with Gasteiger partial charge in [0, 0.05) is 31.0 Å². The predicted octanol–water partition coefficient (Wildman–Crippen LogP) is 3.66. The highest BCUT2D eigenvalue weighted by molar-refractivity contribution is 8.26. The number of rotatable bonds is 3. The quantitative estimate of drug-likeness (QED) is 0.487. The van der Waals surface area contributed by atoms with Crippen molar-refractivity contribution in [1.29, 1.82) is 0 Å². The molecule has 0 atom stereocenters. The van der Waals surface area contributed by atoms with Gasteiger partial charge in [-0.05, 0) is 68.1 Å². The molecule has 158 valence electrons. The lowest BCUT2D eigenvalue weighted by molar-refractivity contribution is -0.115. The maximum atomic E-state index is 12.0. The van der Waals surface area contributed by atoms with Gasteiger partial charge in [0.05, 0.1) is 15.9 Å². The van der Waals surface area contributed by atoms with Crippen LogP contribution in [0.2, 0.25) is 0 Å². The van der Waals surface area contributed by atoms with Crippen LogP contribution in [0, 0.1) is 0 Å². The Morgan fingerprint density at radius 2 is 1.87 bits per heavy atom. The summed E-state index contributed by atoms with van der Waals surface area (Å²) in [6.07, 6.45) is 4.91. The van der Waals surface area contributed by atoms with Crippen molar-refractivity contribution in [2.75, 3.05) is 38.1 Å². The molecule has 5 rings (SSSR count). The van der Waals surface area contributed by atoms with E-state index in [1.165, 1.54) is 23.9 Å². The van der Waals surface area contributed by atoms with Gasteiger partial charge in [-0.25, -0.2) is 4.98 Å². The van der Waals surface area contributed by atoms with Crippen molar-refractivity contribution in [1.82, 2.24) is 19.8 Å². The molecule has 0 spiro atoms. The van der Waals surface area contributed by atoms with Gasteiger partial charge in [-0.1, -0.05) is 30.0 Å². The lowest BCUT2D eigenvalue weighted by Gasteiger charge is -2.23. The summed E-state index contributed by atoms with van der Waals surface area (Å²) in [5.41, 5.74) is 5.19. The van der Waals surface area contributed by atoms with Crippen molar-refractivity contribution in [3.8, 4) is 5.69 Å². The lowest BCUT2D eigenvalue weighted by Crippen LogP contribution is -2.28. The number of hydrogen-bond donors (Lipinski definition) is 1. The van der Waals surface area contributed by atoms with Gasteiger partial charge in [-0.2, -0.15) is 0 Å². The first-order valence-corrected chi connectivity index (χ1v) is 11.6. The second-order valence-electron chi connectivity index (χ2n) is 7.88. The van der Waals surface area contributed by atoms with Gasteiger partial charge in [0.25, 0.3) is 5.91 Å². The third kappa shape index (κ3) is 4.23. The summed E-state index contributed by atoms with van der Waals surface area (Å²) in [6, 6.07) is 14.7. The number of thiocarbonyl (C=S) groups is 1. The van der Waals surface area contributed by atoms with Crippen molar-refractivity contribution in [3.05, 3.63) is 59.3 Å². The fourth-order valence-electron chi connectivity index (χ4n) is 4.02. The first kappa shape index (κ1) is 20.2. The molecule has 1 aromatic heterocycles. The number of imidazole rings is 1. The van der Waals surface area contributed by atoms with Crippen LogP contribution in [0.4, 0.5) is 5.69 Å². The second kappa shape index (κ2) is 8.45. The molecule has 0 radical (unpaired) electrons. The molecule has 2 aliphatic heterocycles. The van der Waals surface area contributed by atoms with Crippen molar-refractivity contribution in [2.45, 2.75) is 6.42 Å². The summed E-state index contributed by atoms with van der Waals surface area (Å²) >= 11 is 6.37. The summed E-state index contributed by atoms with van der Waals surface area (Å²) in [4.78, 5) is 22.0. The number of amides is 1. The third-order valence-corrected chi connectivity index (χ3v) is 6.89. The monoisotopic (exact) mass is 449 g/mol. The maximum absolute atomic E-state index is 12.0. The van der Waals surface area contributed by atoms with Crippen molar-refractivity contribution in [2.24, 2.45) is 0 Å². The Kier molecular flexibility index (Phi) is 5.52. The van der Waals surface area contributed by atoms with Crippen molar-refractivity contribution in [3.63, 3.8) is 0 Å². The van der Waals surface area contributed by atoms with E-state index in [9.17, 15) is 4.79 Å². The zero-order chi connectivity index (χ0) is 21.4. The second-order valence-corrected chi connectivity index (χ2v) is 9.59. The third-order valence-electron chi connectivity index (χ3n) is 5.72. The largest absolute Gasteiger partial charge is 0.370 e. The van der Waals surface area contributed by atoms with Gasteiger partial charge in [0.2, 0.25) is 0 Å². The molecule has 1 N–H and O–H groups in total. The molecule has 2 aromatic carbocycles. The maximum Gasteiger partial charge on any atom is 0.263 e. The Morgan fingerprint density at radius 1 is 1.06 bits per heavy atom. The van der Waals surface area contributed by atoms with E-state index in [4.69, 9.17) is 12.2 Å². The highest BCUT2D eigenvalue weighted by atomic mass is 32.2. The van der Waals surface area contributed by atoms with Crippen LogP contribution in [0.15, 0.2) is 53.7 Å². The molecule has 2 saturated heterocycles. The zero-order valence-corrected chi connectivity index (χ0v) is 18.9. The SMILES string of the molecule is CN1CCCN(c2ccc(-n3cnc4ccc(/C=C5\SC(=S)NC5=O)cc43)cc2)CC1. The normalized spacial score (nSPS) is 19.3. The number of fused-ring (bicyclic) bond motifs is 1. The van der Waals surface area contributed by atoms with Crippen LogP contribution in [0.5, 0.6) is 0 Å². The molecule has 0 saturated carbocycles. The number of nitrogens with zero attached hydrogens (tertiary/aromatic N) is 4. The van der Waals surface area contributed by atoms with Crippen molar-refractivity contribution < 1.29 is 4.79 Å². The number of hydrogen-bond acceptors (Lipinski definition) is 6. The van der Waals surface area contributed by atoms with E-state index in [1.807, 2.05) is 24.5 Å². The van der Waals surface area contributed by atoms with Crippen molar-refractivity contribution >= 4 is 57.0 Å². The molecule has 31 heavy (non-hydrogen) atoms. The molecule has 3 heterocycles. The van der Waals surface area contributed by atoms with Gasteiger partial charge < -0.3 is 15.1 Å². The topological polar surface area (TPSA) is 53.4 Å². The summed E-state index contributed by atoms with van der Waals surface area (Å²) in [5, 5.41) is 2.66. The molecule has 0 aliphatic carbocycles. The minimum atomic E-state index is -0.140. The molecule has 1 amide bonds. The zero-order valence-electron chi connectivity index (χ0n) is 17.2. The van der Waals surface area contributed by atoms with Gasteiger partial charge in [0.15, 0.2) is 0 Å². The Morgan fingerprint density at radius 3 is 2.65 bits per heavy atom. The average Bonchev–Trinajstić information content (AvgIpc) is 3.24. The summed E-state index contributed by atoms with van der Waals surface area (Å²) in [5.74, 6) is -0.140. The number of carbonyl (C=O) groups is 1. The molecule has 0 bridgehead atoms. The first-order chi connectivity index (χ1) is 15.1. The van der Waals surface area contributed by atoms with Crippen LogP contribution in [-0.2, 0) is 4.79 Å². The summed E-state index contributed by atoms with van der Waals surface area (Å²) in [6.45, 7) is 4.38. The Bertz CT molecular complexity index is 1180. The number of anilines is 1. The summed E-state index contributed by atoms with van der Waals surface area (Å²) < 4.78 is 2.59. The number of carbonyl (C=O) groups excluding carboxylic acids is 1. The highest BCUT2D eigenvalue weighted by Gasteiger charge is 2.22. The fourth-order valence-corrected chi connectivity index (χ4v) is 5.07. The van der Waals surface area contributed by atoms with Crippen LogP contribution in [0.3, 0.4) is 0 Å². The first-order valence-electron chi connectivity index (χ1n) is 10.3. The molecule has 3 aromatic rings. The fraction of sp³-hybridized carbons (Fsp3) is 0.261. The molecule has 8 heteroatoms. The Balaban J connectivity index is 1.43. The number of likely N-dealkylation sites (N-methyl/N-ethyl adjacent to an activating group) is 1. The highest BCUT2D eigenvalue weighted by Crippen LogP contribution is 2.28. The molecule has 2 aliphatic rings. The number of aromatic nitrogens is 2. The van der Waals surface area contributed by atoms with E-state index in [-0.39, 0.29) is 5.91 Å². The van der Waals surface area contributed by atoms with Crippen LogP contribution in [0.1, 0.15) is 12.0 Å². The minimum absolute atomic E-state index is 0.140. The number of nitrogens with one attached hydrogen (secondary N) is 1. The smallest absolute Gasteiger partial charge is 0.263 e. The van der Waals surface area contributed by atoms with E-state index in [0.717, 1.165) is 48.5 Å². The van der Waals surface area contributed by atoms with Crippen LogP contribution < -0.4 is 10.2 Å². The summed E-state index contributed by atoms with van der Waals surface area (Å²) in [7, 11) is 2.19. The van der Waals surface area contributed by atoms with E-state index < -0.39 is 0 Å². The molecule has 6 nitrogen and oxygen atoms in total. The molecular weight excluding hydrogens is 426 g/mol. The predicted molar refractivity (Wildman–Crippen MR) is 132 cm³/mol. The van der Waals surface area contributed by atoms with Crippen LogP contribution in [-0.4, -0.2) is 57.9 Å². The molecular formula is C23H23N5OS2. The Hall–Kier alpha value is -2.68. The Labute approximate surface area is 190 Å². The van der Waals surface area contributed by atoms with E-state index in [1.54, 1.807) is 0 Å². The van der Waals surface area contributed by atoms with Crippen LogP contribution >= 0.6 is 24.0 Å². The van der Waals surface area contributed by atoms with Gasteiger partial charge in [0.1, 0.15) is 10.6 Å². The standard InChI is InChI=1S/C23H23N5OS2/c1-26-9-2-10-27(12-11-26)17-4-6-18(7-5-17)28-15-24-19-8-3-16(13-20(19)28)14-21-22(29)25-23(30)31-21/h3-8,13-15H,2,9-12H2,1H3,(H,25,29,30)/b21-14-. The average molecular weight is 450 g/mol. The molecule has 2 fully saturated rings. The minimum Gasteiger partial charge on any atom is -0.370 e. The van der Waals surface area contributed by atoms with Gasteiger partial charge >= 0.3 is 0 Å². The van der Waals surface area contributed by atoms with Crippen LogP contribution in [0.25, 0.3) is 22.8 Å². The van der Waals surface area contributed by atoms with E-state index in [2.05, 4.69) is 62.0 Å². The lowest BCUT2D eigenvalue weighted by atomic mass is 10.1. The molecule has 0 unspecified atom stereocenters. The van der Waals surface area contributed by atoms with E-state index in [0.29, 0.717) is 9.23 Å².